The van der Waals surface area contributed by atoms with Gasteiger partial charge in [-0.3, -0.25) is 4.90 Å². The summed E-state index contributed by atoms with van der Waals surface area (Å²) in [7, 11) is 0. The molecule has 3 rings (SSSR count). The summed E-state index contributed by atoms with van der Waals surface area (Å²) in [4.78, 5) is 1.67. The summed E-state index contributed by atoms with van der Waals surface area (Å²) >= 11 is 0. The summed E-state index contributed by atoms with van der Waals surface area (Å²) in [6.45, 7) is 1.42. The highest BCUT2D eigenvalue weighted by atomic mass is 19.4. The molecule has 2 aliphatic rings. The first kappa shape index (κ1) is 13.3. The highest BCUT2D eigenvalue weighted by Gasteiger charge is 2.62. The molecule has 0 bridgehead atoms. The second-order valence-corrected chi connectivity index (χ2v) is 5.15. The van der Waals surface area contributed by atoms with Crippen molar-refractivity contribution in [2.75, 3.05) is 18.1 Å². The number of para-hydroxylation sites is 1. The van der Waals surface area contributed by atoms with E-state index in [1.807, 2.05) is 24.3 Å². The molecule has 2 nitrogen and oxygen atoms in total. The van der Waals surface area contributed by atoms with E-state index >= 15 is 0 Å². The number of fused-ring (bicyclic) bond motifs is 1. The molecule has 0 saturated heterocycles. The summed E-state index contributed by atoms with van der Waals surface area (Å²) in [5, 5.41) is 0. The highest BCUT2D eigenvalue weighted by molar-refractivity contribution is 5.58. The Morgan fingerprint density at radius 3 is 2.65 bits per heavy atom. The molecule has 0 unspecified atom stereocenters. The second kappa shape index (κ2) is 4.71. The van der Waals surface area contributed by atoms with E-state index in [9.17, 15) is 13.2 Å². The van der Waals surface area contributed by atoms with E-state index in [4.69, 9.17) is 4.74 Å². The largest absolute Gasteiger partial charge is 0.405 e. The van der Waals surface area contributed by atoms with Crippen molar-refractivity contribution in [2.45, 2.75) is 25.6 Å². The van der Waals surface area contributed by atoms with Crippen LogP contribution in [0, 0.1) is 17.4 Å². The lowest BCUT2D eigenvalue weighted by molar-refractivity contribution is -0.168. The number of alkyl halides is 3. The molecule has 5 heteroatoms. The number of ether oxygens (including phenoxy) is 1. The first-order valence-electron chi connectivity index (χ1n) is 6.55. The summed E-state index contributed by atoms with van der Waals surface area (Å²) in [6.07, 6.45) is -4.02. The molecule has 0 spiro atoms. The maximum Gasteiger partial charge on any atom is 0.405 e. The van der Waals surface area contributed by atoms with Crippen molar-refractivity contribution >= 4 is 5.69 Å². The predicted octanol–water partition coefficient (Wildman–Crippen LogP) is 3.33. The van der Waals surface area contributed by atoms with Crippen LogP contribution < -0.4 is 4.90 Å². The van der Waals surface area contributed by atoms with E-state index in [1.165, 1.54) is 0 Å². The Kier molecular flexibility index (Phi) is 3.14. The minimum Gasteiger partial charge on any atom is -0.375 e. The fourth-order valence-electron chi connectivity index (χ4n) is 2.25. The van der Waals surface area contributed by atoms with Gasteiger partial charge in [0, 0.05) is 11.6 Å². The third-order valence-electron chi connectivity index (χ3n) is 3.72. The maximum absolute atomic E-state index is 12.9. The number of hydrogen-bond acceptors (Lipinski definition) is 2. The Labute approximate surface area is 115 Å². The van der Waals surface area contributed by atoms with Gasteiger partial charge in [0.1, 0.15) is 5.41 Å². The van der Waals surface area contributed by atoms with Crippen LogP contribution in [0.1, 0.15) is 18.4 Å². The normalized spacial score (nSPS) is 20.4. The van der Waals surface area contributed by atoms with E-state index in [2.05, 4.69) is 12.0 Å². The molecule has 1 heterocycles. The molecule has 1 fully saturated rings. The van der Waals surface area contributed by atoms with E-state index in [-0.39, 0.29) is 12.8 Å². The Morgan fingerprint density at radius 2 is 1.95 bits per heavy atom. The SMILES string of the molecule is FC(F)(F)C1(C#CN2CCOCc3ccccc32)CC1. The summed E-state index contributed by atoms with van der Waals surface area (Å²) < 4.78 is 44.1. The van der Waals surface area contributed by atoms with Crippen LogP contribution in [-0.2, 0) is 11.3 Å². The molecule has 1 aromatic carbocycles. The Balaban J connectivity index is 1.89. The minimum absolute atomic E-state index is 0.107. The zero-order chi connectivity index (χ0) is 14.2. The van der Waals surface area contributed by atoms with Crippen LogP contribution in [0.5, 0.6) is 0 Å². The van der Waals surface area contributed by atoms with Gasteiger partial charge in [-0.2, -0.15) is 13.2 Å². The smallest absolute Gasteiger partial charge is 0.375 e. The number of rotatable bonds is 0. The predicted molar refractivity (Wildman–Crippen MR) is 68.9 cm³/mol. The fraction of sp³-hybridized carbons (Fsp3) is 0.467. The number of benzene rings is 1. The van der Waals surface area contributed by atoms with E-state index in [0.717, 1.165) is 11.3 Å². The third-order valence-corrected chi connectivity index (χ3v) is 3.72. The third kappa shape index (κ3) is 2.36. The van der Waals surface area contributed by atoms with Gasteiger partial charge in [-0.15, -0.1) is 0 Å². The fourth-order valence-corrected chi connectivity index (χ4v) is 2.25. The monoisotopic (exact) mass is 281 g/mol. The van der Waals surface area contributed by atoms with Crippen LogP contribution in [0.25, 0.3) is 0 Å². The summed E-state index contributed by atoms with van der Waals surface area (Å²) in [5.41, 5.74) is 0.0152. The molecule has 1 saturated carbocycles. The van der Waals surface area contributed by atoms with Gasteiger partial charge >= 0.3 is 6.18 Å². The molecule has 106 valence electrons. The van der Waals surface area contributed by atoms with Gasteiger partial charge in [-0.05, 0) is 18.9 Å². The second-order valence-electron chi connectivity index (χ2n) is 5.15. The van der Waals surface area contributed by atoms with Crippen LogP contribution in [0.3, 0.4) is 0 Å². The van der Waals surface area contributed by atoms with Gasteiger partial charge < -0.3 is 4.74 Å². The lowest BCUT2D eigenvalue weighted by Crippen LogP contribution is -2.25. The van der Waals surface area contributed by atoms with Crippen molar-refractivity contribution in [3.63, 3.8) is 0 Å². The average Bonchev–Trinajstić information content (AvgIpc) is 3.20. The molecule has 0 amide bonds. The first-order valence-corrected chi connectivity index (χ1v) is 6.55. The van der Waals surface area contributed by atoms with Crippen molar-refractivity contribution in [1.82, 2.24) is 0 Å². The molecule has 0 N–H and O–H groups in total. The topological polar surface area (TPSA) is 12.5 Å². The Hall–Kier alpha value is -1.67. The molecule has 1 aromatic rings. The van der Waals surface area contributed by atoms with Crippen LogP contribution in [-0.4, -0.2) is 19.3 Å². The molecular weight excluding hydrogens is 267 g/mol. The molecule has 0 aromatic heterocycles. The zero-order valence-electron chi connectivity index (χ0n) is 10.8. The van der Waals surface area contributed by atoms with Gasteiger partial charge in [-0.1, -0.05) is 24.1 Å². The number of nitrogens with zero attached hydrogens (tertiary/aromatic N) is 1. The lowest BCUT2D eigenvalue weighted by Gasteiger charge is -2.18. The standard InChI is InChI=1S/C15H14F3NO/c16-15(17,18)14(5-6-14)7-8-19-9-10-20-11-12-3-1-2-4-13(12)19/h1-4H,5-6,9-11H2. The van der Waals surface area contributed by atoms with Crippen LogP contribution in [0.15, 0.2) is 24.3 Å². The average molecular weight is 281 g/mol. The number of hydrogen-bond donors (Lipinski definition) is 0. The van der Waals surface area contributed by atoms with E-state index in [1.54, 1.807) is 4.90 Å². The van der Waals surface area contributed by atoms with Crippen LogP contribution in [0.4, 0.5) is 18.9 Å². The summed E-state index contributed by atoms with van der Waals surface area (Å²) in [5.74, 6) is 2.44. The van der Waals surface area contributed by atoms with Gasteiger partial charge in [0.15, 0.2) is 0 Å². The first-order chi connectivity index (χ1) is 9.52. The number of anilines is 1. The molecular formula is C15H14F3NO. The highest BCUT2D eigenvalue weighted by Crippen LogP contribution is 2.57. The van der Waals surface area contributed by atoms with Crippen LogP contribution in [0.2, 0.25) is 0 Å². The van der Waals surface area contributed by atoms with E-state index < -0.39 is 11.6 Å². The summed E-state index contributed by atoms with van der Waals surface area (Å²) in [6, 6.07) is 10.2. The van der Waals surface area contributed by atoms with Crippen LogP contribution >= 0.6 is 0 Å². The van der Waals surface area contributed by atoms with Crippen molar-refractivity contribution in [3.05, 3.63) is 29.8 Å². The van der Waals surface area contributed by atoms with Crippen molar-refractivity contribution in [2.24, 2.45) is 5.41 Å². The maximum atomic E-state index is 12.9. The quantitative estimate of drug-likeness (QED) is 0.676. The molecule has 0 atom stereocenters. The van der Waals surface area contributed by atoms with Gasteiger partial charge in [-0.25, -0.2) is 0 Å². The van der Waals surface area contributed by atoms with Gasteiger partial charge in [0.2, 0.25) is 0 Å². The van der Waals surface area contributed by atoms with Gasteiger partial charge in [0.05, 0.1) is 25.4 Å². The van der Waals surface area contributed by atoms with E-state index in [0.29, 0.717) is 19.8 Å². The van der Waals surface area contributed by atoms with Gasteiger partial charge in [0.25, 0.3) is 0 Å². The number of halogens is 3. The van der Waals surface area contributed by atoms with Crippen molar-refractivity contribution in [3.8, 4) is 12.0 Å². The van der Waals surface area contributed by atoms with Crippen molar-refractivity contribution in [1.29, 1.82) is 0 Å². The Bertz CT molecular complexity index is 566. The zero-order valence-corrected chi connectivity index (χ0v) is 10.8. The Morgan fingerprint density at radius 1 is 1.20 bits per heavy atom. The molecule has 1 aliphatic heterocycles. The minimum atomic E-state index is -4.23. The lowest BCUT2D eigenvalue weighted by atomic mass is 10.1. The molecule has 0 radical (unpaired) electrons. The molecule has 1 aliphatic carbocycles. The molecule has 20 heavy (non-hydrogen) atoms. The van der Waals surface area contributed by atoms with Crippen molar-refractivity contribution < 1.29 is 17.9 Å².